The fourth-order valence-electron chi connectivity index (χ4n) is 2.50. The van der Waals surface area contributed by atoms with Crippen LogP contribution in [-0.4, -0.2) is 6.04 Å². The minimum atomic E-state index is 0.391. The van der Waals surface area contributed by atoms with Gasteiger partial charge in [0, 0.05) is 6.04 Å². The van der Waals surface area contributed by atoms with Crippen LogP contribution in [0.5, 0.6) is 0 Å². The summed E-state index contributed by atoms with van der Waals surface area (Å²) in [6.45, 7) is 13.8. The van der Waals surface area contributed by atoms with Crippen molar-refractivity contribution < 1.29 is 0 Å². The van der Waals surface area contributed by atoms with Crippen molar-refractivity contribution in [2.75, 3.05) is 0 Å². The zero-order chi connectivity index (χ0) is 12.1. The SMILES string of the molecule is CCCC(C)C(N)CC(C)CC(C)(C)C. The van der Waals surface area contributed by atoms with Crippen LogP contribution in [0.2, 0.25) is 0 Å². The molecule has 0 fully saturated rings. The molecule has 1 nitrogen and oxygen atoms in total. The molecule has 1 heteroatoms. The normalized spacial score (nSPS) is 18.6. The van der Waals surface area contributed by atoms with Crippen molar-refractivity contribution in [1.29, 1.82) is 0 Å². The Bertz CT molecular complexity index is 157. The van der Waals surface area contributed by atoms with Gasteiger partial charge in [-0.2, -0.15) is 0 Å². The first kappa shape index (κ1) is 15.0. The minimum Gasteiger partial charge on any atom is -0.327 e. The van der Waals surface area contributed by atoms with Crippen molar-refractivity contribution in [1.82, 2.24) is 0 Å². The smallest absolute Gasteiger partial charge is 0.00670 e. The lowest BCUT2D eigenvalue weighted by molar-refractivity contribution is 0.264. The van der Waals surface area contributed by atoms with Crippen molar-refractivity contribution in [2.45, 2.75) is 73.3 Å². The van der Waals surface area contributed by atoms with Gasteiger partial charge in [0.2, 0.25) is 0 Å². The molecular weight excluding hydrogens is 182 g/mol. The van der Waals surface area contributed by atoms with E-state index in [0.29, 0.717) is 17.4 Å². The van der Waals surface area contributed by atoms with Crippen LogP contribution in [0.25, 0.3) is 0 Å². The Balaban J connectivity index is 3.90. The Morgan fingerprint density at radius 2 is 1.67 bits per heavy atom. The van der Waals surface area contributed by atoms with Crippen LogP contribution in [-0.2, 0) is 0 Å². The van der Waals surface area contributed by atoms with Crippen LogP contribution in [0.4, 0.5) is 0 Å². The summed E-state index contributed by atoms with van der Waals surface area (Å²) in [5, 5.41) is 0. The third kappa shape index (κ3) is 7.84. The van der Waals surface area contributed by atoms with Crippen molar-refractivity contribution in [3.05, 3.63) is 0 Å². The highest BCUT2D eigenvalue weighted by Crippen LogP contribution is 2.27. The van der Waals surface area contributed by atoms with Crippen LogP contribution in [0, 0.1) is 17.3 Å². The molecule has 0 amide bonds. The van der Waals surface area contributed by atoms with Gasteiger partial charge in [0.15, 0.2) is 0 Å². The van der Waals surface area contributed by atoms with Gasteiger partial charge < -0.3 is 5.73 Å². The topological polar surface area (TPSA) is 26.0 Å². The molecule has 0 aromatic carbocycles. The monoisotopic (exact) mass is 213 g/mol. The van der Waals surface area contributed by atoms with Gasteiger partial charge in [0.05, 0.1) is 0 Å². The molecular formula is C14H31N. The zero-order valence-electron chi connectivity index (χ0n) is 11.6. The van der Waals surface area contributed by atoms with Crippen LogP contribution in [0.15, 0.2) is 0 Å². The van der Waals surface area contributed by atoms with E-state index in [1.807, 2.05) is 0 Å². The molecule has 0 heterocycles. The molecule has 0 aliphatic heterocycles. The number of hydrogen-bond donors (Lipinski definition) is 1. The molecule has 0 saturated carbocycles. The molecule has 0 saturated heterocycles. The third-order valence-corrected chi connectivity index (χ3v) is 3.11. The predicted molar refractivity (Wildman–Crippen MR) is 69.9 cm³/mol. The summed E-state index contributed by atoms with van der Waals surface area (Å²) < 4.78 is 0. The summed E-state index contributed by atoms with van der Waals surface area (Å²) in [6, 6.07) is 0.391. The second-order valence-corrected chi connectivity index (χ2v) is 6.54. The minimum absolute atomic E-state index is 0.391. The molecule has 0 aromatic heterocycles. The summed E-state index contributed by atoms with van der Waals surface area (Å²) in [5.74, 6) is 1.43. The Morgan fingerprint density at radius 1 is 1.13 bits per heavy atom. The molecule has 3 unspecified atom stereocenters. The van der Waals surface area contributed by atoms with Crippen LogP contribution in [0.3, 0.4) is 0 Å². The maximum atomic E-state index is 6.22. The van der Waals surface area contributed by atoms with Crippen molar-refractivity contribution in [2.24, 2.45) is 23.0 Å². The van der Waals surface area contributed by atoms with Crippen molar-refractivity contribution >= 4 is 0 Å². The van der Waals surface area contributed by atoms with E-state index in [4.69, 9.17) is 5.73 Å². The molecule has 2 N–H and O–H groups in total. The largest absolute Gasteiger partial charge is 0.327 e. The first-order valence-electron chi connectivity index (χ1n) is 6.52. The van der Waals surface area contributed by atoms with E-state index in [1.54, 1.807) is 0 Å². The Morgan fingerprint density at radius 3 is 2.07 bits per heavy atom. The average Bonchev–Trinajstić information content (AvgIpc) is 2.00. The predicted octanol–water partition coefficient (Wildman–Crippen LogP) is 4.21. The second kappa shape index (κ2) is 6.52. The van der Waals surface area contributed by atoms with E-state index in [2.05, 4.69) is 41.5 Å². The quantitative estimate of drug-likeness (QED) is 0.702. The van der Waals surface area contributed by atoms with Gasteiger partial charge in [-0.15, -0.1) is 0 Å². The summed E-state index contributed by atoms with van der Waals surface area (Å²) >= 11 is 0. The maximum Gasteiger partial charge on any atom is 0.00670 e. The molecule has 0 aliphatic rings. The third-order valence-electron chi connectivity index (χ3n) is 3.11. The lowest BCUT2D eigenvalue weighted by Crippen LogP contribution is -2.31. The molecule has 0 spiro atoms. The fraction of sp³-hybridized carbons (Fsp3) is 1.00. The first-order valence-corrected chi connectivity index (χ1v) is 6.52. The van der Waals surface area contributed by atoms with Gasteiger partial charge in [-0.25, -0.2) is 0 Å². The molecule has 0 bridgehead atoms. The fourth-order valence-corrected chi connectivity index (χ4v) is 2.50. The molecule has 3 atom stereocenters. The summed E-state index contributed by atoms with van der Waals surface area (Å²) in [6.07, 6.45) is 4.98. The second-order valence-electron chi connectivity index (χ2n) is 6.54. The number of nitrogens with two attached hydrogens (primary N) is 1. The zero-order valence-corrected chi connectivity index (χ0v) is 11.6. The van der Waals surface area contributed by atoms with Crippen LogP contribution in [0.1, 0.15) is 67.2 Å². The van der Waals surface area contributed by atoms with Gasteiger partial charge in [0.25, 0.3) is 0 Å². The lowest BCUT2D eigenvalue weighted by atomic mass is 9.81. The van der Waals surface area contributed by atoms with Crippen molar-refractivity contribution in [3.63, 3.8) is 0 Å². The highest BCUT2D eigenvalue weighted by atomic mass is 14.6. The van der Waals surface area contributed by atoms with Crippen molar-refractivity contribution in [3.8, 4) is 0 Å². The molecule has 0 aliphatic carbocycles. The molecule has 0 aromatic rings. The first-order chi connectivity index (χ1) is 6.76. The Labute approximate surface area is 96.8 Å². The van der Waals surface area contributed by atoms with E-state index in [9.17, 15) is 0 Å². The summed E-state index contributed by atoms with van der Waals surface area (Å²) in [5.41, 5.74) is 6.66. The lowest BCUT2D eigenvalue weighted by Gasteiger charge is -2.27. The molecule has 0 radical (unpaired) electrons. The van der Waals surface area contributed by atoms with Gasteiger partial charge in [-0.1, -0.05) is 48.0 Å². The van der Waals surface area contributed by atoms with Gasteiger partial charge in [-0.05, 0) is 36.5 Å². The summed E-state index contributed by atoms with van der Waals surface area (Å²) in [7, 11) is 0. The Hall–Kier alpha value is -0.0400. The molecule has 0 rings (SSSR count). The van der Waals surface area contributed by atoms with E-state index >= 15 is 0 Å². The van der Waals surface area contributed by atoms with Crippen LogP contribution < -0.4 is 5.73 Å². The molecule has 92 valence electrons. The van der Waals surface area contributed by atoms with Crippen LogP contribution >= 0.6 is 0 Å². The highest BCUT2D eigenvalue weighted by molar-refractivity contribution is 4.74. The Kier molecular flexibility index (Phi) is 6.51. The van der Waals surface area contributed by atoms with Gasteiger partial charge in [0.1, 0.15) is 0 Å². The van der Waals surface area contributed by atoms with E-state index in [0.717, 1.165) is 5.92 Å². The average molecular weight is 213 g/mol. The van der Waals surface area contributed by atoms with E-state index in [1.165, 1.54) is 25.7 Å². The standard InChI is InChI=1S/C14H31N/c1-7-8-12(3)13(15)9-11(2)10-14(4,5)6/h11-13H,7-10,15H2,1-6H3. The van der Waals surface area contributed by atoms with Gasteiger partial charge in [-0.3, -0.25) is 0 Å². The number of rotatable bonds is 6. The number of hydrogen-bond acceptors (Lipinski definition) is 1. The van der Waals surface area contributed by atoms with E-state index < -0.39 is 0 Å². The molecule has 15 heavy (non-hydrogen) atoms. The summed E-state index contributed by atoms with van der Waals surface area (Å²) in [4.78, 5) is 0. The maximum absolute atomic E-state index is 6.22. The highest BCUT2D eigenvalue weighted by Gasteiger charge is 2.19. The van der Waals surface area contributed by atoms with Gasteiger partial charge >= 0.3 is 0 Å². The van der Waals surface area contributed by atoms with E-state index in [-0.39, 0.29) is 0 Å².